The first kappa shape index (κ1) is 25.9. The van der Waals surface area contributed by atoms with Gasteiger partial charge in [0.05, 0.1) is 25.7 Å². The van der Waals surface area contributed by atoms with E-state index >= 15 is 0 Å². The van der Waals surface area contributed by atoms with E-state index in [0.29, 0.717) is 6.54 Å². The SMILES string of the molecule is CCN(CC)C(CNC(=O)C1CC(F)(F)CN1)c1cccc(OC)c1.Cl.Cl. The highest BCUT2D eigenvalue weighted by molar-refractivity contribution is 5.85. The molecule has 5 nitrogen and oxygen atoms in total. The van der Waals surface area contributed by atoms with Crippen molar-refractivity contribution in [2.45, 2.75) is 38.3 Å². The van der Waals surface area contributed by atoms with Gasteiger partial charge in [0.25, 0.3) is 5.92 Å². The quantitative estimate of drug-likeness (QED) is 0.669. The van der Waals surface area contributed by atoms with Crippen LogP contribution in [0.25, 0.3) is 0 Å². The summed E-state index contributed by atoms with van der Waals surface area (Å²) in [5, 5.41) is 5.42. The van der Waals surface area contributed by atoms with E-state index < -0.39 is 24.9 Å². The Hall–Kier alpha value is -1.15. The van der Waals surface area contributed by atoms with Crippen molar-refractivity contribution >= 4 is 30.7 Å². The summed E-state index contributed by atoms with van der Waals surface area (Å²) in [6.07, 6.45) is -0.450. The number of carbonyl (C=O) groups is 1. The largest absolute Gasteiger partial charge is 0.497 e. The van der Waals surface area contributed by atoms with Crippen molar-refractivity contribution in [1.29, 1.82) is 0 Å². The molecule has 2 atom stereocenters. The standard InChI is InChI=1S/C18H27F2N3O2.2ClH/c1-4-23(5-2)16(13-7-6-8-14(9-13)25-3)11-21-17(24)15-10-18(19,20)12-22-15;;/h6-9,15-16,22H,4-5,10-12H2,1-3H3,(H,21,24);2*1H. The highest BCUT2D eigenvalue weighted by atomic mass is 35.5. The van der Waals surface area contributed by atoms with Crippen LogP contribution in [-0.2, 0) is 4.79 Å². The van der Waals surface area contributed by atoms with Gasteiger partial charge < -0.3 is 10.1 Å². The zero-order chi connectivity index (χ0) is 18.4. The lowest BCUT2D eigenvalue weighted by atomic mass is 10.0. The first-order chi connectivity index (χ1) is 11.9. The van der Waals surface area contributed by atoms with E-state index in [2.05, 4.69) is 29.4 Å². The summed E-state index contributed by atoms with van der Waals surface area (Å²) in [6, 6.07) is 6.82. The van der Waals surface area contributed by atoms with Crippen molar-refractivity contribution in [3.63, 3.8) is 0 Å². The highest BCUT2D eigenvalue weighted by Crippen LogP contribution is 2.26. The summed E-state index contributed by atoms with van der Waals surface area (Å²) < 4.78 is 31.8. The molecule has 156 valence electrons. The number of alkyl halides is 2. The summed E-state index contributed by atoms with van der Waals surface area (Å²) in [5.74, 6) is -2.44. The third kappa shape index (κ3) is 7.07. The van der Waals surface area contributed by atoms with Gasteiger partial charge in [0, 0.05) is 13.0 Å². The molecule has 0 radical (unpaired) electrons. The van der Waals surface area contributed by atoms with Crippen molar-refractivity contribution in [2.24, 2.45) is 0 Å². The number of methoxy groups -OCH3 is 1. The Kier molecular flexibility index (Phi) is 11.1. The summed E-state index contributed by atoms with van der Waals surface area (Å²) in [7, 11) is 1.61. The van der Waals surface area contributed by atoms with Gasteiger partial charge in [-0.3, -0.25) is 15.0 Å². The van der Waals surface area contributed by atoms with Gasteiger partial charge in [-0.15, -0.1) is 24.8 Å². The zero-order valence-corrected chi connectivity index (χ0v) is 17.5. The molecule has 1 heterocycles. The molecule has 1 aliphatic rings. The smallest absolute Gasteiger partial charge is 0.262 e. The zero-order valence-electron chi connectivity index (χ0n) is 15.8. The fourth-order valence-electron chi connectivity index (χ4n) is 3.19. The van der Waals surface area contributed by atoms with Crippen LogP contribution in [0.3, 0.4) is 0 Å². The molecule has 1 fully saturated rings. The molecule has 0 spiro atoms. The summed E-state index contributed by atoms with van der Waals surface area (Å²) in [4.78, 5) is 14.5. The van der Waals surface area contributed by atoms with E-state index in [9.17, 15) is 13.6 Å². The molecule has 9 heteroatoms. The van der Waals surface area contributed by atoms with Crippen LogP contribution < -0.4 is 15.4 Å². The lowest BCUT2D eigenvalue weighted by Gasteiger charge is -2.30. The van der Waals surface area contributed by atoms with Gasteiger partial charge in [-0.1, -0.05) is 26.0 Å². The Bertz CT molecular complexity index is 589. The van der Waals surface area contributed by atoms with E-state index in [-0.39, 0.29) is 36.8 Å². The highest BCUT2D eigenvalue weighted by Gasteiger charge is 2.42. The number of amides is 1. The monoisotopic (exact) mass is 427 g/mol. The number of likely N-dealkylation sites (N-methyl/N-ethyl adjacent to an activating group) is 1. The van der Waals surface area contributed by atoms with Crippen LogP contribution in [0, 0.1) is 0 Å². The maximum atomic E-state index is 13.3. The molecule has 2 N–H and O–H groups in total. The number of halogens is 4. The number of benzene rings is 1. The fourth-order valence-corrected chi connectivity index (χ4v) is 3.19. The van der Waals surface area contributed by atoms with Crippen LogP contribution in [0.4, 0.5) is 8.78 Å². The molecular formula is C18H29Cl2F2N3O2. The lowest BCUT2D eigenvalue weighted by Crippen LogP contribution is -2.44. The molecule has 0 aliphatic carbocycles. The molecular weight excluding hydrogens is 399 g/mol. The van der Waals surface area contributed by atoms with Gasteiger partial charge in [0.15, 0.2) is 0 Å². The molecule has 0 saturated carbocycles. The maximum absolute atomic E-state index is 13.3. The van der Waals surface area contributed by atoms with Crippen LogP contribution >= 0.6 is 24.8 Å². The number of hydrogen-bond acceptors (Lipinski definition) is 4. The first-order valence-electron chi connectivity index (χ1n) is 8.67. The van der Waals surface area contributed by atoms with Crippen molar-refractivity contribution in [3.05, 3.63) is 29.8 Å². The Balaban J connectivity index is 0.00000338. The number of rotatable bonds is 8. The molecule has 1 saturated heterocycles. The average molecular weight is 428 g/mol. The molecule has 1 aromatic carbocycles. The number of ether oxygens (including phenoxy) is 1. The maximum Gasteiger partial charge on any atom is 0.262 e. The Labute approximate surface area is 172 Å². The van der Waals surface area contributed by atoms with Crippen LogP contribution in [0.2, 0.25) is 0 Å². The minimum Gasteiger partial charge on any atom is -0.497 e. The van der Waals surface area contributed by atoms with E-state index in [1.54, 1.807) is 7.11 Å². The minimum atomic E-state index is -2.81. The Morgan fingerprint density at radius 3 is 2.56 bits per heavy atom. The van der Waals surface area contributed by atoms with Crippen molar-refractivity contribution in [1.82, 2.24) is 15.5 Å². The number of nitrogens with zero attached hydrogens (tertiary/aromatic N) is 1. The number of hydrogen-bond donors (Lipinski definition) is 2. The van der Waals surface area contributed by atoms with Gasteiger partial charge in [0.2, 0.25) is 5.91 Å². The summed E-state index contributed by atoms with van der Waals surface area (Å²) in [5.41, 5.74) is 1.02. The van der Waals surface area contributed by atoms with Gasteiger partial charge >= 0.3 is 0 Å². The van der Waals surface area contributed by atoms with E-state index in [1.165, 1.54) is 0 Å². The van der Waals surface area contributed by atoms with E-state index in [0.717, 1.165) is 24.4 Å². The van der Waals surface area contributed by atoms with Crippen LogP contribution in [0.5, 0.6) is 5.75 Å². The summed E-state index contributed by atoms with van der Waals surface area (Å²) >= 11 is 0. The Morgan fingerprint density at radius 2 is 2.04 bits per heavy atom. The number of nitrogens with one attached hydrogen (secondary N) is 2. The third-order valence-electron chi connectivity index (χ3n) is 4.63. The lowest BCUT2D eigenvalue weighted by molar-refractivity contribution is -0.123. The normalized spacial score (nSPS) is 19.0. The molecule has 2 unspecified atom stereocenters. The van der Waals surface area contributed by atoms with Crippen molar-refractivity contribution < 1.29 is 18.3 Å². The van der Waals surface area contributed by atoms with Crippen LogP contribution in [0.1, 0.15) is 31.9 Å². The molecule has 0 bridgehead atoms. The molecule has 1 amide bonds. The van der Waals surface area contributed by atoms with Gasteiger partial charge in [-0.25, -0.2) is 8.78 Å². The van der Waals surface area contributed by atoms with Gasteiger partial charge in [0.1, 0.15) is 5.75 Å². The third-order valence-corrected chi connectivity index (χ3v) is 4.63. The molecule has 1 aliphatic heterocycles. The van der Waals surface area contributed by atoms with E-state index in [1.807, 2.05) is 24.3 Å². The fraction of sp³-hybridized carbons (Fsp3) is 0.611. The second-order valence-electron chi connectivity index (χ2n) is 6.25. The van der Waals surface area contributed by atoms with Gasteiger partial charge in [-0.2, -0.15) is 0 Å². The van der Waals surface area contributed by atoms with Crippen LogP contribution in [0.15, 0.2) is 24.3 Å². The summed E-state index contributed by atoms with van der Waals surface area (Å²) in [6.45, 7) is 5.65. The van der Waals surface area contributed by atoms with Gasteiger partial charge in [-0.05, 0) is 30.8 Å². The van der Waals surface area contributed by atoms with Crippen molar-refractivity contribution in [3.8, 4) is 5.75 Å². The molecule has 0 aromatic heterocycles. The van der Waals surface area contributed by atoms with E-state index in [4.69, 9.17) is 4.74 Å². The van der Waals surface area contributed by atoms with Crippen molar-refractivity contribution in [2.75, 3.05) is 33.3 Å². The second-order valence-corrected chi connectivity index (χ2v) is 6.25. The minimum absolute atomic E-state index is 0. The molecule has 2 rings (SSSR count). The average Bonchev–Trinajstić information content (AvgIpc) is 2.98. The van der Waals surface area contributed by atoms with Crippen LogP contribution in [-0.4, -0.2) is 56.1 Å². The Morgan fingerprint density at radius 1 is 1.37 bits per heavy atom. The predicted molar refractivity (Wildman–Crippen MR) is 108 cm³/mol. The molecule has 1 aromatic rings. The predicted octanol–water partition coefficient (Wildman–Crippen LogP) is 3.04. The molecule has 27 heavy (non-hydrogen) atoms. The topological polar surface area (TPSA) is 53.6 Å². The second kappa shape index (κ2) is 11.6. The first-order valence-corrected chi connectivity index (χ1v) is 8.67. The number of carbonyl (C=O) groups excluding carboxylic acids is 1.